The molecule has 1 N–H and O–H groups in total. The van der Waals surface area contributed by atoms with Gasteiger partial charge in [0.1, 0.15) is 19.0 Å². The van der Waals surface area contributed by atoms with E-state index < -0.39 is 0 Å². The molecule has 1 saturated heterocycles. The van der Waals surface area contributed by atoms with Gasteiger partial charge in [0.2, 0.25) is 5.91 Å². The van der Waals surface area contributed by atoms with Crippen LogP contribution in [0.25, 0.3) is 0 Å². The van der Waals surface area contributed by atoms with Crippen molar-refractivity contribution in [1.29, 1.82) is 0 Å². The van der Waals surface area contributed by atoms with Gasteiger partial charge in [0.25, 0.3) is 5.91 Å². The van der Waals surface area contributed by atoms with Crippen LogP contribution in [0.5, 0.6) is 17.2 Å². The molecule has 0 spiro atoms. The van der Waals surface area contributed by atoms with Crippen LogP contribution in [0.15, 0.2) is 42.5 Å². The van der Waals surface area contributed by atoms with E-state index in [-0.39, 0.29) is 24.3 Å². The van der Waals surface area contributed by atoms with Crippen molar-refractivity contribution < 1.29 is 23.8 Å². The molecule has 2 aromatic rings. The second-order valence-corrected chi connectivity index (χ2v) is 7.43. The summed E-state index contributed by atoms with van der Waals surface area (Å²) in [6.07, 6.45) is 2.33. The predicted octanol–water partition coefficient (Wildman–Crippen LogP) is 3.17. The molecule has 4 rings (SSSR count). The minimum Gasteiger partial charge on any atom is -0.494 e. The van der Waals surface area contributed by atoms with Crippen LogP contribution in [0, 0.1) is 0 Å². The summed E-state index contributed by atoms with van der Waals surface area (Å²) < 4.78 is 16.8. The van der Waals surface area contributed by atoms with E-state index in [9.17, 15) is 9.59 Å². The fraction of sp³-hybridized carbons (Fsp3) is 0.391. The smallest absolute Gasteiger partial charge is 0.251 e. The highest BCUT2D eigenvalue weighted by Gasteiger charge is 2.32. The number of carbonyl (C=O) groups excluding carboxylic acids is 2. The third-order valence-electron chi connectivity index (χ3n) is 5.18. The number of anilines is 1. The van der Waals surface area contributed by atoms with E-state index in [2.05, 4.69) is 12.2 Å². The largest absolute Gasteiger partial charge is 0.494 e. The summed E-state index contributed by atoms with van der Waals surface area (Å²) in [6.45, 7) is 4.21. The average Bonchev–Trinajstić information content (AvgIpc) is 3.14. The lowest BCUT2D eigenvalue weighted by atomic mass is 10.1. The van der Waals surface area contributed by atoms with Crippen molar-refractivity contribution in [2.45, 2.75) is 32.2 Å². The van der Waals surface area contributed by atoms with Gasteiger partial charge in [-0.2, -0.15) is 0 Å². The number of nitrogens with one attached hydrogen (secondary N) is 1. The van der Waals surface area contributed by atoms with Crippen LogP contribution in [0.3, 0.4) is 0 Å². The average molecular weight is 410 g/mol. The van der Waals surface area contributed by atoms with Gasteiger partial charge in [-0.05, 0) is 42.8 Å². The van der Waals surface area contributed by atoms with Gasteiger partial charge in [0, 0.05) is 30.3 Å². The Kier molecular flexibility index (Phi) is 6.07. The Bertz CT molecular complexity index is 912. The molecule has 158 valence electrons. The van der Waals surface area contributed by atoms with Crippen molar-refractivity contribution in [2.24, 2.45) is 0 Å². The zero-order chi connectivity index (χ0) is 20.9. The number of nitrogens with zero attached hydrogens (tertiary/aromatic N) is 1. The quantitative estimate of drug-likeness (QED) is 0.710. The lowest BCUT2D eigenvalue weighted by molar-refractivity contribution is -0.117. The lowest BCUT2D eigenvalue weighted by Crippen LogP contribution is -2.37. The number of hydrogen-bond acceptors (Lipinski definition) is 5. The second kappa shape index (κ2) is 9.07. The Morgan fingerprint density at radius 1 is 1.13 bits per heavy atom. The van der Waals surface area contributed by atoms with Crippen LogP contribution in [-0.2, 0) is 4.79 Å². The van der Waals surface area contributed by atoms with Gasteiger partial charge in [0.05, 0.1) is 12.6 Å². The number of rotatable bonds is 7. The summed E-state index contributed by atoms with van der Waals surface area (Å²) in [7, 11) is 0. The van der Waals surface area contributed by atoms with E-state index in [0.29, 0.717) is 43.4 Å². The highest BCUT2D eigenvalue weighted by molar-refractivity contribution is 5.99. The Hall–Kier alpha value is -3.22. The molecular formula is C23H26N2O5. The lowest BCUT2D eigenvalue weighted by Gasteiger charge is -2.22. The highest BCUT2D eigenvalue weighted by atomic mass is 16.6. The van der Waals surface area contributed by atoms with Crippen LogP contribution in [0.2, 0.25) is 0 Å². The highest BCUT2D eigenvalue weighted by Crippen LogP contribution is 2.35. The third kappa shape index (κ3) is 4.50. The Labute approximate surface area is 175 Å². The van der Waals surface area contributed by atoms with Gasteiger partial charge in [-0.3, -0.25) is 9.59 Å². The molecule has 1 atom stereocenters. The zero-order valence-corrected chi connectivity index (χ0v) is 17.1. The van der Waals surface area contributed by atoms with Crippen molar-refractivity contribution in [3.8, 4) is 17.2 Å². The molecule has 0 bridgehead atoms. The maximum Gasteiger partial charge on any atom is 0.251 e. The van der Waals surface area contributed by atoms with E-state index >= 15 is 0 Å². The fourth-order valence-corrected chi connectivity index (χ4v) is 3.56. The molecular weight excluding hydrogens is 384 g/mol. The Balaban J connectivity index is 1.35. The minimum atomic E-state index is -0.251. The summed E-state index contributed by atoms with van der Waals surface area (Å²) in [6, 6.07) is 12.3. The number of hydrogen-bond donors (Lipinski definition) is 1. The van der Waals surface area contributed by atoms with E-state index in [1.54, 1.807) is 29.2 Å². The predicted molar refractivity (Wildman–Crippen MR) is 113 cm³/mol. The maximum absolute atomic E-state index is 12.6. The molecule has 2 aromatic carbocycles. The number of benzene rings is 2. The van der Waals surface area contributed by atoms with E-state index in [0.717, 1.165) is 24.3 Å². The Morgan fingerprint density at radius 2 is 1.90 bits per heavy atom. The molecule has 7 heteroatoms. The topological polar surface area (TPSA) is 77.1 Å². The molecule has 0 aliphatic carbocycles. The molecule has 2 aliphatic heterocycles. The zero-order valence-electron chi connectivity index (χ0n) is 17.1. The van der Waals surface area contributed by atoms with Crippen LogP contribution >= 0.6 is 0 Å². The minimum absolute atomic E-state index is 0.0309. The number of ether oxygens (including phenoxy) is 3. The molecule has 0 radical (unpaired) electrons. The first-order valence-electron chi connectivity index (χ1n) is 10.4. The van der Waals surface area contributed by atoms with Crippen LogP contribution in [0.4, 0.5) is 5.69 Å². The summed E-state index contributed by atoms with van der Waals surface area (Å²) in [5.74, 6) is 1.85. The summed E-state index contributed by atoms with van der Waals surface area (Å²) in [5.41, 5.74) is 1.29. The van der Waals surface area contributed by atoms with Gasteiger partial charge in [0.15, 0.2) is 11.5 Å². The van der Waals surface area contributed by atoms with Crippen LogP contribution in [0.1, 0.15) is 36.5 Å². The number of unbranched alkanes of at least 4 members (excludes halogenated alkanes) is 1. The summed E-state index contributed by atoms with van der Waals surface area (Å²) in [4.78, 5) is 26.8. The number of carbonyl (C=O) groups is 2. The number of fused-ring (bicyclic) bond motifs is 1. The van der Waals surface area contributed by atoms with Crippen LogP contribution < -0.4 is 24.4 Å². The molecule has 1 fully saturated rings. The summed E-state index contributed by atoms with van der Waals surface area (Å²) >= 11 is 0. The number of amides is 2. The molecule has 7 nitrogen and oxygen atoms in total. The van der Waals surface area contributed by atoms with Crippen molar-refractivity contribution in [1.82, 2.24) is 5.32 Å². The molecule has 0 saturated carbocycles. The van der Waals surface area contributed by atoms with Gasteiger partial charge in [-0.1, -0.05) is 13.3 Å². The van der Waals surface area contributed by atoms with Crippen molar-refractivity contribution >= 4 is 17.5 Å². The van der Waals surface area contributed by atoms with Gasteiger partial charge < -0.3 is 24.4 Å². The second-order valence-electron chi connectivity index (χ2n) is 7.43. The molecule has 2 heterocycles. The summed E-state index contributed by atoms with van der Waals surface area (Å²) in [5, 5.41) is 2.96. The van der Waals surface area contributed by atoms with E-state index in [4.69, 9.17) is 14.2 Å². The fourth-order valence-electron chi connectivity index (χ4n) is 3.56. The van der Waals surface area contributed by atoms with E-state index in [1.165, 1.54) is 0 Å². The van der Waals surface area contributed by atoms with Gasteiger partial charge in [-0.15, -0.1) is 0 Å². The van der Waals surface area contributed by atoms with E-state index in [1.807, 2.05) is 18.2 Å². The SMILES string of the molecule is CCCCOc1ccc(C(=O)N[C@H]2CC(=O)N(c3ccc4c(c3)OCCO4)C2)cc1. The maximum atomic E-state index is 12.6. The third-order valence-corrected chi connectivity index (χ3v) is 5.18. The molecule has 0 unspecified atom stereocenters. The molecule has 30 heavy (non-hydrogen) atoms. The molecule has 0 aromatic heterocycles. The molecule has 2 aliphatic rings. The van der Waals surface area contributed by atoms with Gasteiger partial charge >= 0.3 is 0 Å². The van der Waals surface area contributed by atoms with Crippen molar-refractivity contribution in [2.75, 3.05) is 31.3 Å². The van der Waals surface area contributed by atoms with Gasteiger partial charge in [-0.25, -0.2) is 0 Å². The monoisotopic (exact) mass is 410 g/mol. The Morgan fingerprint density at radius 3 is 2.67 bits per heavy atom. The van der Waals surface area contributed by atoms with Crippen LogP contribution in [-0.4, -0.2) is 44.2 Å². The molecule has 2 amide bonds. The van der Waals surface area contributed by atoms with Crippen molar-refractivity contribution in [3.05, 3.63) is 48.0 Å². The normalized spacial score (nSPS) is 17.7. The first-order valence-corrected chi connectivity index (χ1v) is 10.4. The van der Waals surface area contributed by atoms with Crippen molar-refractivity contribution in [3.63, 3.8) is 0 Å². The standard InChI is InChI=1S/C23H26N2O5/c1-2-3-10-28-19-7-4-16(5-8-19)23(27)24-17-13-22(26)25(15-17)18-6-9-20-21(14-18)30-12-11-29-20/h4-9,14,17H,2-3,10-13,15H2,1H3,(H,24,27)/t17-/m0/s1. The first-order chi connectivity index (χ1) is 14.6. The first kappa shape index (κ1) is 20.1.